The first kappa shape index (κ1) is 15.9. The molecule has 0 spiro atoms. The van der Waals surface area contributed by atoms with E-state index in [1.54, 1.807) is 36.7 Å². The van der Waals surface area contributed by atoms with Crippen molar-refractivity contribution < 1.29 is 14.0 Å². The van der Waals surface area contributed by atoms with Crippen molar-refractivity contribution in [2.75, 3.05) is 11.4 Å². The number of hydrogen-bond donors (Lipinski definition) is 2. The van der Waals surface area contributed by atoms with E-state index in [-0.39, 0.29) is 11.6 Å². The van der Waals surface area contributed by atoms with E-state index < -0.39 is 17.9 Å². The molecule has 3 amide bonds. The number of para-hydroxylation sites is 1. The van der Waals surface area contributed by atoms with Gasteiger partial charge in [-0.1, -0.05) is 18.2 Å². The summed E-state index contributed by atoms with van der Waals surface area (Å²) < 4.78 is 13.8. The molecule has 1 fully saturated rings. The highest BCUT2D eigenvalue weighted by Crippen LogP contribution is 2.24. The number of urea groups is 1. The Morgan fingerprint density at radius 1 is 1.29 bits per heavy atom. The molecule has 124 valence electrons. The summed E-state index contributed by atoms with van der Waals surface area (Å²) >= 11 is 0. The molecule has 24 heavy (non-hydrogen) atoms. The summed E-state index contributed by atoms with van der Waals surface area (Å²) in [5.41, 5.74) is 1.10. The molecule has 0 unspecified atom stereocenters. The van der Waals surface area contributed by atoms with Gasteiger partial charge in [-0.25, -0.2) is 9.18 Å². The van der Waals surface area contributed by atoms with Gasteiger partial charge < -0.3 is 15.5 Å². The molecule has 7 heteroatoms. The van der Waals surface area contributed by atoms with E-state index >= 15 is 0 Å². The second-order valence-electron chi connectivity index (χ2n) is 5.47. The number of amides is 3. The van der Waals surface area contributed by atoms with E-state index in [0.29, 0.717) is 19.5 Å². The number of aromatic nitrogens is 1. The van der Waals surface area contributed by atoms with E-state index in [1.807, 2.05) is 6.07 Å². The Bertz CT molecular complexity index is 738. The van der Waals surface area contributed by atoms with Crippen molar-refractivity contribution in [1.29, 1.82) is 0 Å². The molecule has 2 heterocycles. The quantitative estimate of drug-likeness (QED) is 0.899. The predicted octanol–water partition coefficient (Wildman–Crippen LogP) is 1.83. The lowest BCUT2D eigenvalue weighted by atomic mass is 10.2. The summed E-state index contributed by atoms with van der Waals surface area (Å²) in [5.74, 6) is -0.760. The zero-order valence-corrected chi connectivity index (χ0v) is 12.9. The largest absolute Gasteiger partial charge is 0.334 e. The van der Waals surface area contributed by atoms with Crippen LogP contribution in [0.3, 0.4) is 0 Å². The molecular formula is C17H17FN4O2. The lowest BCUT2D eigenvalue weighted by Crippen LogP contribution is -2.46. The van der Waals surface area contributed by atoms with Crippen molar-refractivity contribution in [3.05, 3.63) is 60.2 Å². The highest BCUT2D eigenvalue weighted by Gasteiger charge is 2.34. The van der Waals surface area contributed by atoms with Gasteiger partial charge in [0, 0.05) is 25.5 Å². The van der Waals surface area contributed by atoms with Crippen LogP contribution in [0.1, 0.15) is 12.0 Å². The lowest BCUT2D eigenvalue weighted by Gasteiger charge is -2.18. The van der Waals surface area contributed by atoms with Gasteiger partial charge in [0.2, 0.25) is 5.91 Å². The fourth-order valence-electron chi connectivity index (χ4n) is 2.62. The Kier molecular flexibility index (Phi) is 4.69. The number of carbonyl (C=O) groups excluding carboxylic acids is 2. The van der Waals surface area contributed by atoms with Gasteiger partial charge in [-0.15, -0.1) is 0 Å². The van der Waals surface area contributed by atoms with Gasteiger partial charge in [0.05, 0.1) is 5.69 Å². The van der Waals surface area contributed by atoms with Crippen LogP contribution < -0.4 is 15.5 Å². The van der Waals surface area contributed by atoms with Crippen molar-refractivity contribution >= 4 is 17.6 Å². The summed E-state index contributed by atoms with van der Waals surface area (Å²) in [5, 5.41) is 5.31. The summed E-state index contributed by atoms with van der Waals surface area (Å²) in [6.07, 6.45) is 3.74. The van der Waals surface area contributed by atoms with E-state index in [9.17, 15) is 14.0 Å². The molecule has 0 bridgehead atoms. The second kappa shape index (κ2) is 7.08. The minimum atomic E-state index is -0.654. The summed E-state index contributed by atoms with van der Waals surface area (Å²) in [6.45, 7) is 0.685. The fraction of sp³-hybridized carbons (Fsp3) is 0.235. The van der Waals surface area contributed by atoms with Gasteiger partial charge in [0.1, 0.15) is 11.9 Å². The number of rotatable bonds is 4. The van der Waals surface area contributed by atoms with Gasteiger partial charge in [0.15, 0.2) is 0 Å². The average molecular weight is 328 g/mol. The number of nitrogens with zero attached hydrogens (tertiary/aromatic N) is 2. The lowest BCUT2D eigenvalue weighted by molar-refractivity contribution is -0.118. The van der Waals surface area contributed by atoms with Crippen molar-refractivity contribution in [3.8, 4) is 0 Å². The molecule has 1 aliphatic heterocycles. The number of hydrogen-bond acceptors (Lipinski definition) is 3. The fourth-order valence-corrected chi connectivity index (χ4v) is 2.62. The van der Waals surface area contributed by atoms with Gasteiger partial charge in [-0.2, -0.15) is 0 Å². The molecule has 3 rings (SSSR count). The minimum Gasteiger partial charge on any atom is -0.334 e. The number of nitrogens with one attached hydrogen (secondary N) is 2. The van der Waals surface area contributed by atoms with Crippen LogP contribution in [0.2, 0.25) is 0 Å². The van der Waals surface area contributed by atoms with Crippen LogP contribution in [0, 0.1) is 5.82 Å². The van der Waals surface area contributed by atoms with E-state index in [2.05, 4.69) is 15.6 Å². The topological polar surface area (TPSA) is 74.3 Å². The normalized spacial score (nSPS) is 17.0. The van der Waals surface area contributed by atoms with Crippen molar-refractivity contribution in [2.45, 2.75) is 19.0 Å². The van der Waals surface area contributed by atoms with Crippen LogP contribution in [0.5, 0.6) is 0 Å². The molecule has 0 aliphatic carbocycles. The van der Waals surface area contributed by atoms with Crippen molar-refractivity contribution in [2.24, 2.45) is 0 Å². The molecule has 1 aromatic heterocycles. The molecule has 1 saturated heterocycles. The van der Waals surface area contributed by atoms with Crippen LogP contribution in [-0.4, -0.2) is 29.5 Å². The maximum Gasteiger partial charge on any atom is 0.315 e. The Labute approximate surface area is 138 Å². The Balaban J connectivity index is 1.56. The third-order valence-corrected chi connectivity index (χ3v) is 3.83. The van der Waals surface area contributed by atoms with Crippen LogP contribution in [-0.2, 0) is 11.3 Å². The highest BCUT2D eigenvalue weighted by atomic mass is 19.1. The molecule has 2 N–H and O–H groups in total. The van der Waals surface area contributed by atoms with E-state index in [4.69, 9.17) is 0 Å². The molecular weight excluding hydrogens is 311 g/mol. The predicted molar refractivity (Wildman–Crippen MR) is 86.8 cm³/mol. The number of halogens is 1. The Morgan fingerprint density at radius 3 is 2.88 bits per heavy atom. The van der Waals surface area contributed by atoms with Crippen LogP contribution in [0.25, 0.3) is 0 Å². The van der Waals surface area contributed by atoms with Crippen LogP contribution in [0.4, 0.5) is 14.9 Å². The molecule has 1 aromatic carbocycles. The molecule has 2 aromatic rings. The monoisotopic (exact) mass is 328 g/mol. The minimum absolute atomic E-state index is 0.238. The SMILES string of the molecule is O=C(NCc1cccnc1)N[C@@H]1CCN(c2ccccc2F)C1=O. The van der Waals surface area contributed by atoms with Crippen molar-refractivity contribution in [1.82, 2.24) is 15.6 Å². The smallest absolute Gasteiger partial charge is 0.315 e. The molecule has 0 radical (unpaired) electrons. The molecule has 6 nitrogen and oxygen atoms in total. The van der Waals surface area contributed by atoms with Gasteiger partial charge in [-0.3, -0.25) is 9.78 Å². The van der Waals surface area contributed by atoms with Crippen LogP contribution in [0.15, 0.2) is 48.8 Å². The van der Waals surface area contributed by atoms with Gasteiger partial charge in [0.25, 0.3) is 0 Å². The van der Waals surface area contributed by atoms with E-state index in [0.717, 1.165) is 5.56 Å². The number of carbonyl (C=O) groups is 2. The third kappa shape index (κ3) is 3.51. The standard InChI is InChI=1S/C17H17FN4O2/c18-13-5-1-2-6-15(13)22-9-7-14(16(22)23)21-17(24)20-11-12-4-3-8-19-10-12/h1-6,8,10,14H,7,9,11H2,(H2,20,21,24)/t14-/m1/s1. The zero-order chi connectivity index (χ0) is 16.9. The van der Waals surface area contributed by atoms with Crippen molar-refractivity contribution in [3.63, 3.8) is 0 Å². The number of pyridine rings is 1. The Morgan fingerprint density at radius 2 is 2.12 bits per heavy atom. The first-order chi connectivity index (χ1) is 11.6. The maximum absolute atomic E-state index is 13.8. The summed E-state index contributed by atoms with van der Waals surface area (Å²) in [6, 6.07) is 8.64. The molecule has 1 atom stereocenters. The summed E-state index contributed by atoms with van der Waals surface area (Å²) in [4.78, 5) is 29.6. The average Bonchev–Trinajstić information content (AvgIpc) is 2.95. The van der Waals surface area contributed by atoms with Crippen LogP contribution >= 0.6 is 0 Å². The maximum atomic E-state index is 13.8. The number of anilines is 1. The van der Waals surface area contributed by atoms with Gasteiger partial charge >= 0.3 is 6.03 Å². The molecule has 1 aliphatic rings. The number of benzene rings is 1. The molecule has 0 saturated carbocycles. The van der Waals surface area contributed by atoms with Gasteiger partial charge in [-0.05, 0) is 30.2 Å². The zero-order valence-electron chi connectivity index (χ0n) is 12.9. The highest BCUT2D eigenvalue weighted by molar-refractivity contribution is 6.01. The first-order valence-corrected chi connectivity index (χ1v) is 7.64. The summed E-state index contributed by atoms with van der Waals surface area (Å²) in [7, 11) is 0. The first-order valence-electron chi connectivity index (χ1n) is 7.64. The van der Waals surface area contributed by atoms with E-state index in [1.165, 1.54) is 11.0 Å². The third-order valence-electron chi connectivity index (χ3n) is 3.83. The Hall–Kier alpha value is -2.96. The second-order valence-corrected chi connectivity index (χ2v) is 5.47.